The maximum atomic E-state index is 11.4. The molecule has 5 heteroatoms. The van der Waals surface area contributed by atoms with Crippen LogP contribution in [0.4, 0.5) is 0 Å². The van der Waals surface area contributed by atoms with Crippen molar-refractivity contribution in [2.75, 3.05) is 19.8 Å². The van der Waals surface area contributed by atoms with Gasteiger partial charge in [-0.05, 0) is 31.7 Å². The standard InChI is InChI=1S/C14H16O2.C6H14O3/c1-9-3-10(2)5-11(4-9)12-6-13(15)8-14(16)7-12;1-2-6(3-7,4-8)5-9/h3-5,12H,6-8H2,1-2H3;7-9H,2-5H2,1H3. The van der Waals surface area contributed by atoms with Crippen molar-refractivity contribution in [1.82, 2.24) is 0 Å². The van der Waals surface area contributed by atoms with Crippen molar-refractivity contribution in [3.05, 3.63) is 34.9 Å². The molecule has 3 N–H and O–H groups in total. The maximum absolute atomic E-state index is 11.4. The first-order valence-electron chi connectivity index (χ1n) is 8.73. The summed E-state index contributed by atoms with van der Waals surface area (Å²) in [6, 6.07) is 6.28. The molecule has 1 aromatic carbocycles. The van der Waals surface area contributed by atoms with E-state index in [4.69, 9.17) is 15.3 Å². The quantitative estimate of drug-likeness (QED) is 0.707. The molecule has 0 heterocycles. The van der Waals surface area contributed by atoms with E-state index in [0.717, 1.165) is 5.56 Å². The highest BCUT2D eigenvalue weighted by Crippen LogP contribution is 2.30. The molecule has 0 saturated heterocycles. The summed E-state index contributed by atoms with van der Waals surface area (Å²) in [5.74, 6) is 0.271. The molecule has 5 nitrogen and oxygen atoms in total. The number of rotatable bonds is 5. The first-order valence-corrected chi connectivity index (χ1v) is 8.73. The Morgan fingerprint density at radius 2 is 1.36 bits per heavy atom. The zero-order chi connectivity index (χ0) is 19.0. The number of Topliss-reactive ketones (excluding diaryl/α,β-unsaturated/α-hetero) is 2. The number of hydrogen-bond donors (Lipinski definition) is 3. The lowest BCUT2D eigenvalue weighted by Gasteiger charge is -2.24. The molecule has 0 spiro atoms. The SMILES string of the molecule is CCC(CO)(CO)CO.Cc1cc(C)cc(C2CC(=O)CC(=O)C2)c1. The van der Waals surface area contributed by atoms with E-state index in [1.54, 1.807) is 0 Å². The van der Waals surface area contributed by atoms with Gasteiger partial charge in [0.15, 0.2) is 0 Å². The molecular formula is C20H30O5. The van der Waals surface area contributed by atoms with Gasteiger partial charge in [-0.15, -0.1) is 0 Å². The average molecular weight is 350 g/mol. The highest BCUT2D eigenvalue weighted by molar-refractivity contribution is 6.02. The molecule has 1 aliphatic rings. The molecule has 2 rings (SSSR count). The second-order valence-corrected chi connectivity index (χ2v) is 7.11. The predicted molar refractivity (Wildman–Crippen MR) is 96.5 cm³/mol. The lowest BCUT2D eigenvalue weighted by Crippen LogP contribution is -2.32. The van der Waals surface area contributed by atoms with Crippen molar-refractivity contribution < 1.29 is 24.9 Å². The van der Waals surface area contributed by atoms with Gasteiger partial charge in [0.05, 0.1) is 26.2 Å². The van der Waals surface area contributed by atoms with E-state index in [9.17, 15) is 9.59 Å². The van der Waals surface area contributed by atoms with Crippen LogP contribution in [-0.2, 0) is 9.59 Å². The van der Waals surface area contributed by atoms with Crippen molar-refractivity contribution in [2.45, 2.75) is 52.4 Å². The number of aliphatic hydroxyl groups is 3. The first kappa shape index (κ1) is 21.5. The van der Waals surface area contributed by atoms with E-state index in [2.05, 4.69) is 18.2 Å². The summed E-state index contributed by atoms with van der Waals surface area (Å²) in [4.78, 5) is 22.8. The van der Waals surface area contributed by atoms with Gasteiger partial charge in [-0.25, -0.2) is 0 Å². The molecule has 0 amide bonds. The van der Waals surface area contributed by atoms with Gasteiger partial charge < -0.3 is 15.3 Å². The number of ketones is 2. The topological polar surface area (TPSA) is 94.8 Å². The summed E-state index contributed by atoms with van der Waals surface area (Å²) in [5, 5.41) is 26.0. The van der Waals surface area contributed by atoms with E-state index < -0.39 is 5.41 Å². The summed E-state index contributed by atoms with van der Waals surface area (Å²) in [7, 11) is 0. The van der Waals surface area contributed by atoms with Gasteiger partial charge in [0.25, 0.3) is 0 Å². The molecule has 25 heavy (non-hydrogen) atoms. The lowest BCUT2D eigenvalue weighted by molar-refractivity contribution is -0.130. The Bertz CT molecular complexity index is 536. The predicted octanol–water partition coefficient (Wildman–Crippen LogP) is 2.07. The summed E-state index contributed by atoms with van der Waals surface area (Å²) >= 11 is 0. The van der Waals surface area contributed by atoms with Crippen LogP contribution >= 0.6 is 0 Å². The third-order valence-electron chi connectivity index (χ3n) is 4.81. The number of aryl methyl sites for hydroxylation is 2. The van der Waals surface area contributed by atoms with Crippen LogP contribution in [0, 0.1) is 19.3 Å². The van der Waals surface area contributed by atoms with Gasteiger partial charge in [0.2, 0.25) is 0 Å². The van der Waals surface area contributed by atoms with Crippen LogP contribution in [0.3, 0.4) is 0 Å². The molecule has 0 atom stereocenters. The maximum Gasteiger partial charge on any atom is 0.140 e. The number of benzene rings is 1. The largest absolute Gasteiger partial charge is 0.396 e. The highest BCUT2D eigenvalue weighted by Gasteiger charge is 2.26. The summed E-state index contributed by atoms with van der Waals surface area (Å²) in [6.45, 7) is 5.44. The fraction of sp³-hybridized carbons (Fsp3) is 0.600. The van der Waals surface area contributed by atoms with Crippen molar-refractivity contribution >= 4 is 11.6 Å². The number of hydrogen-bond acceptors (Lipinski definition) is 5. The Morgan fingerprint density at radius 1 is 0.920 bits per heavy atom. The molecule has 0 radical (unpaired) electrons. The van der Waals surface area contributed by atoms with E-state index in [1.165, 1.54) is 11.1 Å². The second kappa shape index (κ2) is 9.80. The minimum absolute atomic E-state index is 0.0837. The fourth-order valence-electron chi connectivity index (χ4n) is 2.95. The summed E-state index contributed by atoms with van der Waals surface area (Å²) in [6.07, 6.45) is 1.78. The molecule has 0 aromatic heterocycles. The van der Waals surface area contributed by atoms with Crippen molar-refractivity contribution in [3.63, 3.8) is 0 Å². The molecule has 1 aromatic rings. The Labute approximate surface area is 149 Å². The van der Waals surface area contributed by atoms with E-state index in [1.807, 2.05) is 20.8 Å². The van der Waals surface area contributed by atoms with Crippen LogP contribution in [0.15, 0.2) is 18.2 Å². The third-order valence-corrected chi connectivity index (χ3v) is 4.81. The van der Waals surface area contributed by atoms with Crippen LogP contribution in [-0.4, -0.2) is 46.7 Å². The number of carbonyl (C=O) groups is 2. The zero-order valence-corrected chi connectivity index (χ0v) is 15.4. The lowest BCUT2D eigenvalue weighted by atomic mass is 9.82. The van der Waals surface area contributed by atoms with Gasteiger partial charge in [0, 0.05) is 18.3 Å². The fourth-order valence-corrected chi connectivity index (χ4v) is 2.95. The van der Waals surface area contributed by atoms with E-state index in [0.29, 0.717) is 19.3 Å². The minimum atomic E-state index is -0.667. The molecule has 0 bridgehead atoms. The summed E-state index contributed by atoms with van der Waals surface area (Å²) in [5.41, 5.74) is 2.86. The third kappa shape index (κ3) is 6.34. The number of carbonyl (C=O) groups excluding carboxylic acids is 2. The molecule has 1 aliphatic carbocycles. The minimum Gasteiger partial charge on any atom is -0.396 e. The van der Waals surface area contributed by atoms with Crippen molar-refractivity contribution in [3.8, 4) is 0 Å². The van der Waals surface area contributed by atoms with Gasteiger partial charge in [-0.3, -0.25) is 9.59 Å². The zero-order valence-electron chi connectivity index (χ0n) is 15.4. The Hall–Kier alpha value is -1.56. The van der Waals surface area contributed by atoms with Gasteiger partial charge in [-0.2, -0.15) is 0 Å². The second-order valence-electron chi connectivity index (χ2n) is 7.11. The Kier molecular flexibility index (Phi) is 8.42. The molecule has 140 valence electrons. The normalized spacial score (nSPS) is 15.8. The summed E-state index contributed by atoms with van der Waals surface area (Å²) < 4.78 is 0. The molecular weight excluding hydrogens is 320 g/mol. The average Bonchev–Trinajstić information content (AvgIpc) is 2.56. The van der Waals surface area contributed by atoms with E-state index in [-0.39, 0.29) is 43.7 Å². The van der Waals surface area contributed by atoms with Gasteiger partial charge in [-0.1, -0.05) is 36.2 Å². The van der Waals surface area contributed by atoms with Crippen molar-refractivity contribution in [2.24, 2.45) is 5.41 Å². The molecule has 1 fully saturated rings. The van der Waals surface area contributed by atoms with Crippen LogP contribution < -0.4 is 0 Å². The first-order chi connectivity index (χ1) is 11.8. The van der Waals surface area contributed by atoms with E-state index >= 15 is 0 Å². The number of aliphatic hydroxyl groups excluding tert-OH is 3. The highest BCUT2D eigenvalue weighted by atomic mass is 16.3. The van der Waals surface area contributed by atoms with Crippen LogP contribution in [0.25, 0.3) is 0 Å². The van der Waals surface area contributed by atoms with Crippen LogP contribution in [0.2, 0.25) is 0 Å². The van der Waals surface area contributed by atoms with Crippen LogP contribution in [0.5, 0.6) is 0 Å². The van der Waals surface area contributed by atoms with Crippen molar-refractivity contribution in [1.29, 1.82) is 0 Å². The molecule has 0 unspecified atom stereocenters. The van der Waals surface area contributed by atoms with Gasteiger partial charge >= 0.3 is 0 Å². The van der Waals surface area contributed by atoms with Crippen LogP contribution in [0.1, 0.15) is 55.2 Å². The molecule has 1 saturated carbocycles. The van der Waals surface area contributed by atoms with Gasteiger partial charge in [0.1, 0.15) is 11.6 Å². The Morgan fingerprint density at radius 3 is 1.68 bits per heavy atom. The smallest absolute Gasteiger partial charge is 0.140 e. The molecule has 0 aliphatic heterocycles. The Balaban J connectivity index is 0.000000299. The monoisotopic (exact) mass is 350 g/mol.